The van der Waals surface area contributed by atoms with Crippen molar-refractivity contribution < 1.29 is 9.90 Å². The molecule has 2 N–H and O–H groups in total. The van der Waals surface area contributed by atoms with Crippen LogP contribution in [0.15, 0.2) is 59.3 Å². The number of aromatic nitrogens is 2. The van der Waals surface area contributed by atoms with Crippen molar-refractivity contribution in [2.24, 2.45) is 0 Å². The van der Waals surface area contributed by atoms with E-state index in [0.29, 0.717) is 17.6 Å². The van der Waals surface area contributed by atoms with Gasteiger partial charge in [-0.15, -0.1) is 0 Å². The average Bonchev–Trinajstić information content (AvgIpc) is 3.10. The van der Waals surface area contributed by atoms with Crippen LogP contribution in [0, 0.1) is 6.92 Å². The molecule has 0 radical (unpaired) electrons. The molecule has 0 atom stereocenters. The summed E-state index contributed by atoms with van der Waals surface area (Å²) in [5.74, 6) is -0.347. The van der Waals surface area contributed by atoms with E-state index in [2.05, 4.69) is 26.3 Å². The molecule has 3 rings (SSSR count). The van der Waals surface area contributed by atoms with E-state index >= 15 is 0 Å². The topological polar surface area (TPSA) is 67.2 Å². The van der Waals surface area contributed by atoms with Gasteiger partial charge < -0.3 is 10.4 Å². The summed E-state index contributed by atoms with van der Waals surface area (Å²) in [6, 6.07) is 13.3. The number of benzene rings is 2. The van der Waals surface area contributed by atoms with Gasteiger partial charge in [0, 0.05) is 18.9 Å². The van der Waals surface area contributed by atoms with Crippen LogP contribution in [0.2, 0.25) is 0 Å². The molecule has 0 saturated carbocycles. The number of hydrogen-bond donors (Lipinski definition) is 2. The molecule has 25 heavy (non-hydrogen) atoms. The summed E-state index contributed by atoms with van der Waals surface area (Å²) in [6.45, 7) is 2.98. The SMILES string of the molecule is Cc1cc(Br)c(O)c(C(=O)NCc2ccc(Cn3cccn3)cc2)c1. The number of carbonyl (C=O) groups excluding carboxylic acids is 1. The Labute approximate surface area is 154 Å². The van der Waals surface area contributed by atoms with Gasteiger partial charge in [0.15, 0.2) is 0 Å². The maximum absolute atomic E-state index is 12.3. The average molecular weight is 400 g/mol. The summed E-state index contributed by atoms with van der Waals surface area (Å²) in [5, 5.41) is 17.1. The zero-order chi connectivity index (χ0) is 17.8. The lowest BCUT2D eigenvalue weighted by atomic mass is 10.1. The van der Waals surface area contributed by atoms with Crippen LogP contribution in [0.4, 0.5) is 0 Å². The van der Waals surface area contributed by atoms with Gasteiger partial charge in [0.25, 0.3) is 5.91 Å². The van der Waals surface area contributed by atoms with E-state index < -0.39 is 0 Å². The van der Waals surface area contributed by atoms with E-state index in [1.54, 1.807) is 18.3 Å². The molecule has 128 valence electrons. The van der Waals surface area contributed by atoms with Crippen molar-refractivity contribution in [2.75, 3.05) is 0 Å². The normalized spacial score (nSPS) is 10.6. The smallest absolute Gasteiger partial charge is 0.255 e. The lowest BCUT2D eigenvalue weighted by Crippen LogP contribution is -2.23. The molecule has 0 aliphatic rings. The molecule has 0 unspecified atom stereocenters. The molecule has 1 aromatic heterocycles. The minimum atomic E-state index is -0.303. The van der Waals surface area contributed by atoms with Gasteiger partial charge in [-0.1, -0.05) is 24.3 Å². The second kappa shape index (κ2) is 7.53. The molecular formula is C19H18BrN3O2. The number of aromatic hydroxyl groups is 1. The second-order valence-corrected chi connectivity index (χ2v) is 6.70. The third kappa shape index (κ3) is 4.28. The molecule has 0 saturated heterocycles. The Bertz CT molecular complexity index is 874. The van der Waals surface area contributed by atoms with Crippen molar-refractivity contribution in [3.8, 4) is 5.75 Å². The molecule has 6 heteroatoms. The van der Waals surface area contributed by atoms with Crippen molar-refractivity contribution >= 4 is 21.8 Å². The van der Waals surface area contributed by atoms with Gasteiger partial charge in [0.05, 0.1) is 16.6 Å². The monoisotopic (exact) mass is 399 g/mol. The molecule has 1 amide bonds. The van der Waals surface area contributed by atoms with E-state index in [9.17, 15) is 9.90 Å². The third-order valence-electron chi connectivity index (χ3n) is 3.83. The highest BCUT2D eigenvalue weighted by molar-refractivity contribution is 9.10. The molecule has 0 bridgehead atoms. The number of aryl methyl sites for hydroxylation is 1. The molecule has 0 aliphatic heterocycles. The molecule has 3 aromatic rings. The highest BCUT2D eigenvalue weighted by atomic mass is 79.9. The fraction of sp³-hybridized carbons (Fsp3) is 0.158. The number of rotatable bonds is 5. The lowest BCUT2D eigenvalue weighted by molar-refractivity contribution is 0.0948. The van der Waals surface area contributed by atoms with Crippen LogP contribution in [0.1, 0.15) is 27.0 Å². The Morgan fingerprint density at radius 2 is 1.96 bits per heavy atom. The van der Waals surface area contributed by atoms with Crippen molar-refractivity contribution in [1.29, 1.82) is 0 Å². The number of nitrogens with one attached hydrogen (secondary N) is 1. The molecule has 0 aliphatic carbocycles. The quantitative estimate of drug-likeness (QED) is 0.687. The predicted octanol–water partition coefficient (Wildman–Crippen LogP) is 3.64. The van der Waals surface area contributed by atoms with Crippen LogP contribution < -0.4 is 5.32 Å². The standard InChI is InChI=1S/C19H18BrN3O2/c1-13-9-16(18(24)17(20)10-13)19(25)21-11-14-3-5-15(6-4-14)12-23-8-2-7-22-23/h2-10,24H,11-12H2,1H3,(H,21,25). The van der Waals surface area contributed by atoms with Crippen molar-refractivity contribution in [1.82, 2.24) is 15.1 Å². The highest BCUT2D eigenvalue weighted by Gasteiger charge is 2.14. The van der Waals surface area contributed by atoms with E-state index in [1.807, 2.05) is 48.1 Å². The lowest BCUT2D eigenvalue weighted by Gasteiger charge is -2.10. The molecule has 0 spiro atoms. The minimum absolute atomic E-state index is 0.0438. The molecule has 2 aromatic carbocycles. The first-order chi connectivity index (χ1) is 12.0. The van der Waals surface area contributed by atoms with Crippen LogP contribution in [-0.4, -0.2) is 20.8 Å². The van der Waals surface area contributed by atoms with Crippen molar-refractivity contribution in [3.63, 3.8) is 0 Å². The van der Waals surface area contributed by atoms with Gasteiger partial charge in [0.1, 0.15) is 5.75 Å². The predicted molar refractivity (Wildman–Crippen MR) is 99.5 cm³/mol. The number of halogens is 1. The first-order valence-electron chi connectivity index (χ1n) is 7.85. The van der Waals surface area contributed by atoms with Gasteiger partial charge in [-0.05, 0) is 57.7 Å². The maximum atomic E-state index is 12.3. The zero-order valence-corrected chi connectivity index (χ0v) is 15.3. The largest absolute Gasteiger partial charge is 0.506 e. The van der Waals surface area contributed by atoms with E-state index in [1.165, 1.54) is 0 Å². The van der Waals surface area contributed by atoms with Gasteiger partial charge >= 0.3 is 0 Å². The number of hydrogen-bond acceptors (Lipinski definition) is 3. The second-order valence-electron chi connectivity index (χ2n) is 5.85. The highest BCUT2D eigenvalue weighted by Crippen LogP contribution is 2.29. The van der Waals surface area contributed by atoms with Gasteiger partial charge in [0.2, 0.25) is 0 Å². The summed E-state index contributed by atoms with van der Waals surface area (Å²) in [7, 11) is 0. The maximum Gasteiger partial charge on any atom is 0.255 e. The van der Waals surface area contributed by atoms with Crippen LogP contribution in [0.5, 0.6) is 5.75 Å². The van der Waals surface area contributed by atoms with Crippen LogP contribution in [-0.2, 0) is 13.1 Å². The molecule has 5 nitrogen and oxygen atoms in total. The third-order valence-corrected chi connectivity index (χ3v) is 4.44. The number of amides is 1. The van der Waals surface area contributed by atoms with Crippen LogP contribution in [0.25, 0.3) is 0 Å². The number of carbonyl (C=O) groups is 1. The number of nitrogens with zero attached hydrogens (tertiary/aromatic N) is 2. The zero-order valence-electron chi connectivity index (χ0n) is 13.7. The minimum Gasteiger partial charge on any atom is -0.506 e. The first kappa shape index (κ1) is 17.2. The number of phenolic OH excluding ortho intramolecular Hbond substituents is 1. The summed E-state index contributed by atoms with van der Waals surface area (Å²) in [4.78, 5) is 12.3. The van der Waals surface area contributed by atoms with Crippen molar-refractivity contribution in [2.45, 2.75) is 20.0 Å². The molecular weight excluding hydrogens is 382 g/mol. The Morgan fingerprint density at radius 3 is 2.64 bits per heavy atom. The Kier molecular flexibility index (Phi) is 5.19. The summed E-state index contributed by atoms with van der Waals surface area (Å²) < 4.78 is 2.37. The summed E-state index contributed by atoms with van der Waals surface area (Å²) in [5.41, 5.74) is 3.29. The summed E-state index contributed by atoms with van der Waals surface area (Å²) in [6.07, 6.45) is 3.67. The summed E-state index contributed by atoms with van der Waals surface area (Å²) >= 11 is 3.26. The van der Waals surface area contributed by atoms with E-state index in [4.69, 9.17) is 0 Å². The van der Waals surface area contributed by atoms with E-state index in [-0.39, 0.29) is 17.2 Å². The van der Waals surface area contributed by atoms with Gasteiger partial charge in [-0.3, -0.25) is 9.48 Å². The Morgan fingerprint density at radius 1 is 1.24 bits per heavy atom. The molecule has 1 heterocycles. The Hall–Kier alpha value is -2.60. The van der Waals surface area contributed by atoms with E-state index in [0.717, 1.165) is 16.7 Å². The van der Waals surface area contributed by atoms with Crippen LogP contribution in [0.3, 0.4) is 0 Å². The fourth-order valence-corrected chi connectivity index (χ4v) is 3.10. The Balaban J connectivity index is 1.62. The fourth-order valence-electron chi connectivity index (χ4n) is 2.53. The van der Waals surface area contributed by atoms with Gasteiger partial charge in [-0.25, -0.2) is 0 Å². The van der Waals surface area contributed by atoms with Crippen molar-refractivity contribution in [3.05, 3.63) is 81.6 Å². The number of phenols is 1. The first-order valence-corrected chi connectivity index (χ1v) is 8.65. The molecule has 0 fully saturated rings. The van der Waals surface area contributed by atoms with Gasteiger partial charge in [-0.2, -0.15) is 5.10 Å². The van der Waals surface area contributed by atoms with Crippen LogP contribution >= 0.6 is 15.9 Å².